The number of hydrogen-bond donors (Lipinski definition) is 0. The van der Waals surface area contributed by atoms with E-state index in [0.29, 0.717) is 0 Å². The van der Waals surface area contributed by atoms with Crippen molar-refractivity contribution in [3.05, 3.63) is 28.2 Å². The zero-order valence-electron chi connectivity index (χ0n) is 5.94. The van der Waals surface area contributed by atoms with E-state index in [4.69, 9.17) is 4.74 Å². The number of hydrogen-bond acceptors (Lipinski definition) is 1. The molecule has 1 aromatic rings. The SMILES string of the molecule is COc1c(C)c[c]cc1Br. The minimum absolute atomic E-state index is 0.888. The Bertz CT molecular complexity index is 212. The van der Waals surface area contributed by atoms with Crippen LogP contribution in [0.25, 0.3) is 0 Å². The summed E-state index contributed by atoms with van der Waals surface area (Å²) in [6.07, 6.45) is 0. The molecule has 0 amide bonds. The summed E-state index contributed by atoms with van der Waals surface area (Å²) < 4.78 is 6.06. The lowest BCUT2D eigenvalue weighted by molar-refractivity contribution is 0.409. The maximum atomic E-state index is 5.11. The van der Waals surface area contributed by atoms with E-state index in [1.165, 1.54) is 0 Å². The fourth-order valence-corrected chi connectivity index (χ4v) is 1.42. The molecule has 0 atom stereocenters. The molecule has 0 aliphatic rings. The highest BCUT2D eigenvalue weighted by atomic mass is 79.9. The van der Waals surface area contributed by atoms with E-state index in [2.05, 4.69) is 22.0 Å². The van der Waals surface area contributed by atoms with E-state index in [9.17, 15) is 0 Å². The highest BCUT2D eigenvalue weighted by Crippen LogP contribution is 2.27. The molecule has 0 spiro atoms. The third-order valence-electron chi connectivity index (χ3n) is 1.29. The Kier molecular flexibility index (Phi) is 2.33. The average molecular weight is 200 g/mol. The first kappa shape index (κ1) is 7.61. The summed E-state index contributed by atoms with van der Waals surface area (Å²) in [6.45, 7) is 1.99. The van der Waals surface area contributed by atoms with Gasteiger partial charge in [-0.2, -0.15) is 0 Å². The quantitative estimate of drug-likeness (QED) is 0.676. The molecule has 0 heterocycles. The van der Waals surface area contributed by atoms with E-state index >= 15 is 0 Å². The predicted molar refractivity (Wildman–Crippen MR) is 44.3 cm³/mol. The van der Waals surface area contributed by atoms with Crippen molar-refractivity contribution >= 4 is 15.9 Å². The Morgan fingerprint density at radius 1 is 1.50 bits per heavy atom. The van der Waals surface area contributed by atoms with Crippen molar-refractivity contribution < 1.29 is 4.74 Å². The standard InChI is InChI=1S/C8H8BrO/c1-6-4-3-5-7(9)8(6)10-2/h4-5H,1-2H3. The van der Waals surface area contributed by atoms with Gasteiger partial charge in [0.05, 0.1) is 11.6 Å². The highest BCUT2D eigenvalue weighted by Gasteiger charge is 2.00. The van der Waals surface area contributed by atoms with Crippen molar-refractivity contribution in [2.75, 3.05) is 7.11 Å². The lowest BCUT2D eigenvalue weighted by Crippen LogP contribution is -1.87. The van der Waals surface area contributed by atoms with Gasteiger partial charge < -0.3 is 4.74 Å². The van der Waals surface area contributed by atoms with Crippen molar-refractivity contribution in [2.45, 2.75) is 6.92 Å². The van der Waals surface area contributed by atoms with Crippen molar-refractivity contribution in [1.29, 1.82) is 0 Å². The van der Waals surface area contributed by atoms with Crippen LogP contribution in [0.4, 0.5) is 0 Å². The maximum absolute atomic E-state index is 5.11. The summed E-state index contributed by atoms with van der Waals surface area (Å²) >= 11 is 3.35. The topological polar surface area (TPSA) is 9.23 Å². The first-order chi connectivity index (χ1) is 4.75. The number of aryl methyl sites for hydroxylation is 1. The fraction of sp³-hybridized carbons (Fsp3) is 0.250. The molecule has 10 heavy (non-hydrogen) atoms. The highest BCUT2D eigenvalue weighted by molar-refractivity contribution is 9.10. The van der Waals surface area contributed by atoms with Crippen molar-refractivity contribution in [2.24, 2.45) is 0 Å². The van der Waals surface area contributed by atoms with Gasteiger partial charge in [0.1, 0.15) is 5.75 Å². The van der Waals surface area contributed by atoms with Gasteiger partial charge in [0.15, 0.2) is 0 Å². The molecule has 1 radical (unpaired) electrons. The van der Waals surface area contributed by atoms with E-state index in [-0.39, 0.29) is 0 Å². The third kappa shape index (κ3) is 1.32. The molecule has 0 unspecified atom stereocenters. The van der Waals surface area contributed by atoms with E-state index < -0.39 is 0 Å². The summed E-state index contributed by atoms with van der Waals surface area (Å²) in [5, 5.41) is 0. The van der Waals surface area contributed by atoms with Crippen molar-refractivity contribution in [3.63, 3.8) is 0 Å². The molecule has 0 bridgehead atoms. The largest absolute Gasteiger partial charge is 0.495 e. The van der Waals surface area contributed by atoms with Gasteiger partial charge in [0.25, 0.3) is 0 Å². The Hall–Kier alpha value is -0.500. The van der Waals surface area contributed by atoms with Gasteiger partial charge in [0, 0.05) is 0 Å². The van der Waals surface area contributed by atoms with Crippen LogP contribution < -0.4 is 4.74 Å². The Morgan fingerprint density at radius 2 is 2.20 bits per heavy atom. The second-order valence-electron chi connectivity index (χ2n) is 2.02. The summed E-state index contributed by atoms with van der Waals surface area (Å²) in [7, 11) is 1.66. The van der Waals surface area contributed by atoms with Crippen LogP contribution in [0.15, 0.2) is 16.6 Å². The summed E-state index contributed by atoms with van der Waals surface area (Å²) in [6, 6.07) is 6.71. The smallest absolute Gasteiger partial charge is 0.135 e. The van der Waals surface area contributed by atoms with E-state index in [0.717, 1.165) is 15.8 Å². The molecule has 0 aliphatic heterocycles. The number of methoxy groups -OCH3 is 1. The molecular weight excluding hydrogens is 192 g/mol. The minimum Gasteiger partial charge on any atom is -0.495 e. The monoisotopic (exact) mass is 199 g/mol. The molecule has 53 valence electrons. The Morgan fingerprint density at radius 3 is 2.60 bits per heavy atom. The van der Waals surface area contributed by atoms with Crippen LogP contribution in [0.2, 0.25) is 0 Å². The molecule has 0 aliphatic carbocycles. The predicted octanol–water partition coefficient (Wildman–Crippen LogP) is 2.57. The first-order valence-electron chi connectivity index (χ1n) is 2.96. The number of benzene rings is 1. The number of rotatable bonds is 1. The molecule has 0 fully saturated rings. The second-order valence-corrected chi connectivity index (χ2v) is 2.87. The van der Waals surface area contributed by atoms with Crippen LogP contribution in [-0.4, -0.2) is 7.11 Å². The van der Waals surface area contributed by atoms with Crippen LogP contribution in [-0.2, 0) is 0 Å². The van der Waals surface area contributed by atoms with Crippen LogP contribution in [0.5, 0.6) is 5.75 Å². The average Bonchev–Trinajstić information content (AvgIpc) is 1.88. The van der Waals surface area contributed by atoms with Gasteiger partial charge in [-0.25, -0.2) is 0 Å². The molecule has 0 saturated carbocycles. The second kappa shape index (κ2) is 3.06. The first-order valence-corrected chi connectivity index (χ1v) is 3.75. The molecule has 1 rings (SSSR count). The molecule has 1 nitrogen and oxygen atoms in total. The summed E-state index contributed by atoms with van der Waals surface area (Å²) in [4.78, 5) is 0. The van der Waals surface area contributed by atoms with Gasteiger partial charge in [-0.3, -0.25) is 0 Å². The van der Waals surface area contributed by atoms with Crippen LogP contribution in [0.3, 0.4) is 0 Å². The summed E-state index contributed by atoms with van der Waals surface area (Å²) in [5.74, 6) is 0.888. The van der Waals surface area contributed by atoms with Gasteiger partial charge >= 0.3 is 0 Å². The number of halogens is 1. The Balaban J connectivity index is 3.17. The van der Waals surface area contributed by atoms with Crippen molar-refractivity contribution in [1.82, 2.24) is 0 Å². The lowest BCUT2D eigenvalue weighted by Gasteiger charge is -2.04. The summed E-state index contributed by atoms with van der Waals surface area (Å²) in [5.41, 5.74) is 1.09. The Labute approximate surface area is 69.1 Å². The van der Waals surface area contributed by atoms with E-state index in [1.807, 2.05) is 19.1 Å². The van der Waals surface area contributed by atoms with Crippen LogP contribution in [0.1, 0.15) is 5.56 Å². The fourth-order valence-electron chi connectivity index (χ4n) is 0.818. The van der Waals surface area contributed by atoms with Gasteiger partial charge in [0.2, 0.25) is 0 Å². The van der Waals surface area contributed by atoms with E-state index in [1.54, 1.807) is 7.11 Å². The van der Waals surface area contributed by atoms with Gasteiger partial charge in [-0.15, -0.1) is 0 Å². The molecule has 0 N–H and O–H groups in total. The lowest BCUT2D eigenvalue weighted by atomic mass is 10.2. The van der Waals surface area contributed by atoms with Crippen molar-refractivity contribution in [3.8, 4) is 5.75 Å². The molecule has 1 aromatic carbocycles. The zero-order valence-corrected chi connectivity index (χ0v) is 7.53. The normalized spacial score (nSPS) is 9.50. The maximum Gasteiger partial charge on any atom is 0.135 e. The number of ether oxygens (including phenoxy) is 1. The molecule has 2 heteroatoms. The minimum atomic E-state index is 0.888. The van der Waals surface area contributed by atoms with Gasteiger partial charge in [-0.1, -0.05) is 0 Å². The molecule has 0 saturated heterocycles. The molecular formula is C8H8BrO. The van der Waals surface area contributed by atoms with Crippen LogP contribution >= 0.6 is 15.9 Å². The van der Waals surface area contributed by atoms with Gasteiger partial charge in [-0.05, 0) is 46.6 Å². The third-order valence-corrected chi connectivity index (χ3v) is 1.88. The van der Waals surface area contributed by atoms with Crippen LogP contribution in [0, 0.1) is 13.0 Å². The molecule has 0 aromatic heterocycles. The zero-order chi connectivity index (χ0) is 7.56.